The van der Waals surface area contributed by atoms with E-state index in [4.69, 9.17) is 11.6 Å². The molecule has 0 aliphatic carbocycles. The van der Waals surface area contributed by atoms with Gasteiger partial charge in [-0.2, -0.15) is 5.10 Å². The van der Waals surface area contributed by atoms with Crippen molar-refractivity contribution in [2.75, 3.05) is 0 Å². The molecule has 3 aromatic carbocycles. The molecule has 2 heterocycles. The molecule has 0 fully saturated rings. The van der Waals surface area contributed by atoms with Gasteiger partial charge in [0.1, 0.15) is 5.69 Å². The summed E-state index contributed by atoms with van der Waals surface area (Å²) in [6.07, 6.45) is -0.269. The number of aliphatic carboxylic acids is 1. The molecule has 220 valence electrons. The average Bonchev–Trinajstić information content (AvgIpc) is 3.69. The molecule has 0 saturated heterocycles. The number of carbonyl (C=O) groups is 2. The molecule has 5 aromatic rings. The number of carboxylic acid groups (broad SMARTS) is 1. The molecule has 11 nitrogen and oxygen atoms in total. The van der Waals surface area contributed by atoms with E-state index in [9.17, 15) is 19.8 Å². The van der Waals surface area contributed by atoms with Crippen LogP contribution < -0.4 is 5.32 Å². The molecule has 43 heavy (non-hydrogen) atoms. The van der Waals surface area contributed by atoms with Crippen molar-refractivity contribution in [2.45, 2.75) is 44.9 Å². The summed E-state index contributed by atoms with van der Waals surface area (Å²) in [5, 5.41) is 41.7. The first-order chi connectivity index (χ1) is 20.8. The van der Waals surface area contributed by atoms with Crippen molar-refractivity contribution in [2.24, 2.45) is 0 Å². The highest BCUT2D eigenvalue weighted by atomic mass is 35.5. The SMILES string of the molecule is CCCc1cc(C(=O)N[C@H](Cc2ccccc2Cl)[C@@H](O)C(=O)O)nn1Cc1ccc(-c2ccccc2-c2nnn[nH]2)cc1. The van der Waals surface area contributed by atoms with Gasteiger partial charge in [-0.15, -0.1) is 5.10 Å². The van der Waals surface area contributed by atoms with Gasteiger partial charge in [-0.3, -0.25) is 9.48 Å². The predicted octanol–water partition coefficient (Wildman–Crippen LogP) is 4.17. The highest BCUT2D eigenvalue weighted by Crippen LogP contribution is 2.30. The van der Waals surface area contributed by atoms with Crippen LogP contribution in [0.2, 0.25) is 5.02 Å². The van der Waals surface area contributed by atoms with Crippen molar-refractivity contribution in [1.29, 1.82) is 0 Å². The van der Waals surface area contributed by atoms with Crippen LogP contribution in [0.4, 0.5) is 0 Å². The lowest BCUT2D eigenvalue weighted by Gasteiger charge is -2.21. The molecular formula is C31H30ClN7O4. The number of tetrazole rings is 1. The van der Waals surface area contributed by atoms with Gasteiger partial charge in [-0.25, -0.2) is 9.89 Å². The fourth-order valence-electron chi connectivity index (χ4n) is 4.89. The number of hydrogen-bond donors (Lipinski definition) is 4. The summed E-state index contributed by atoms with van der Waals surface area (Å²) in [5.74, 6) is -1.45. The minimum atomic E-state index is -1.83. The third-order valence-electron chi connectivity index (χ3n) is 7.08. The quantitative estimate of drug-likeness (QED) is 0.166. The summed E-state index contributed by atoms with van der Waals surface area (Å²) in [6.45, 7) is 2.47. The monoisotopic (exact) mass is 599 g/mol. The van der Waals surface area contributed by atoms with Gasteiger partial charge in [0.05, 0.1) is 12.6 Å². The van der Waals surface area contributed by atoms with Crippen molar-refractivity contribution in [1.82, 2.24) is 35.7 Å². The van der Waals surface area contributed by atoms with E-state index in [1.165, 1.54) is 0 Å². The maximum absolute atomic E-state index is 13.3. The summed E-state index contributed by atoms with van der Waals surface area (Å²) in [7, 11) is 0. The Morgan fingerprint density at radius 1 is 1.02 bits per heavy atom. The van der Waals surface area contributed by atoms with Crippen LogP contribution in [0.15, 0.2) is 78.9 Å². The van der Waals surface area contributed by atoms with Crippen LogP contribution in [0.1, 0.15) is 40.7 Å². The van der Waals surface area contributed by atoms with Gasteiger partial charge in [0.2, 0.25) is 0 Å². The normalized spacial score (nSPS) is 12.5. The minimum Gasteiger partial charge on any atom is -0.479 e. The third kappa shape index (κ3) is 6.96. The van der Waals surface area contributed by atoms with Crippen LogP contribution in [-0.2, 0) is 24.2 Å². The Morgan fingerprint density at radius 2 is 1.74 bits per heavy atom. The Bertz CT molecular complexity index is 1700. The van der Waals surface area contributed by atoms with Gasteiger partial charge in [0.15, 0.2) is 11.9 Å². The van der Waals surface area contributed by atoms with Gasteiger partial charge in [0, 0.05) is 16.3 Å². The molecule has 1 amide bonds. The fourth-order valence-corrected chi connectivity index (χ4v) is 5.11. The lowest BCUT2D eigenvalue weighted by atomic mass is 9.98. The number of carbonyl (C=O) groups excluding carboxylic acids is 1. The van der Waals surface area contributed by atoms with Gasteiger partial charge in [-0.1, -0.05) is 91.7 Å². The summed E-state index contributed by atoms with van der Waals surface area (Å²) in [4.78, 5) is 24.9. The molecule has 0 aliphatic rings. The van der Waals surface area contributed by atoms with E-state index >= 15 is 0 Å². The van der Waals surface area contributed by atoms with Crippen LogP contribution in [0.3, 0.4) is 0 Å². The molecule has 0 spiro atoms. The summed E-state index contributed by atoms with van der Waals surface area (Å²) in [6, 6.07) is 23.4. The van der Waals surface area contributed by atoms with E-state index in [1.54, 1.807) is 35.0 Å². The Kier molecular flexibility index (Phi) is 9.23. The van der Waals surface area contributed by atoms with Gasteiger partial charge < -0.3 is 15.5 Å². The van der Waals surface area contributed by atoms with Gasteiger partial charge in [-0.05, 0) is 57.7 Å². The highest BCUT2D eigenvalue weighted by molar-refractivity contribution is 6.31. The van der Waals surface area contributed by atoms with E-state index in [0.717, 1.165) is 34.4 Å². The molecule has 0 radical (unpaired) electrons. The first kappa shape index (κ1) is 29.6. The van der Waals surface area contributed by atoms with E-state index in [-0.39, 0.29) is 12.1 Å². The summed E-state index contributed by atoms with van der Waals surface area (Å²) >= 11 is 6.25. The Morgan fingerprint density at radius 3 is 2.42 bits per heavy atom. The smallest absolute Gasteiger partial charge is 0.334 e. The second-order valence-electron chi connectivity index (χ2n) is 10.1. The number of aromatic nitrogens is 6. The largest absolute Gasteiger partial charge is 0.479 e. The maximum Gasteiger partial charge on any atom is 0.334 e. The van der Waals surface area contributed by atoms with Crippen LogP contribution >= 0.6 is 11.6 Å². The lowest BCUT2D eigenvalue weighted by molar-refractivity contribution is -0.148. The molecule has 5 rings (SSSR count). The van der Waals surface area contributed by atoms with Crippen molar-refractivity contribution >= 4 is 23.5 Å². The number of aromatic amines is 1. The first-order valence-corrected chi connectivity index (χ1v) is 14.2. The topological polar surface area (TPSA) is 159 Å². The summed E-state index contributed by atoms with van der Waals surface area (Å²) < 4.78 is 1.78. The number of rotatable bonds is 12. The standard InChI is InChI=1S/C31H30ClN7O4/c1-2-7-22-17-27(30(41)33-26(28(40)31(42)43)16-21-8-3-6-11-25(21)32)36-39(22)18-19-12-14-20(15-13-19)23-9-4-5-10-24(23)29-34-37-38-35-29/h3-6,8-15,17,26,28,40H,2,7,16,18H2,1H3,(H,33,41)(H,42,43)(H,34,35,37,38)/t26-,28-/m1/s1. The van der Waals surface area contributed by atoms with Crippen LogP contribution in [0.5, 0.6) is 0 Å². The van der Waals surface area contributed by atoms with Crippen LogP contribution in [0, 0.1) is 0 Å². The average molecular weight is 600 g/mol. The predicted molar refractivity (Wildman–Crippen MR) is 160 cm³/mol. The molecule has 0 unspecified atom stereocenters. The maximum atomic E-state index is 13.3. The van der Waals surface area contributed by atoms with Crippen molar-refractivity contribution < 1.29 is 19.8 Å². The van der Waals surface area contributed by atoms with E-state index in [0.29, 0.717) is 29.4 Å². The molecule has 2 aromatic heterocycles. The second-order valence-corrected chi connectivity index (χ2v) is 10.5. The number of aryl methyl sites for hydroxylation is 1. The molecule has 4 N–H and O–H groups in total. The van der Waals surface area contributed by atoms with E-state index in [2.05, 4.69) is 31.0 Å². The zero-order valence-electron chi connectivity index (χ0n) is 23.3. The Labute approximate surface area is 252 Å². The lowest BCUT2D eigenvalue weighted by Crippen LogP contribution is -2.48. The van der Waals surface area contributed by atoms with E-state index < -0.39 is 24.0 Å². The molecule has 12 heteroatoms. The number of amides is 1. The van der Waals surface area contributed by atoms with Crippen LogP contribution in [0.25, 0.3) is 22.5 Å². The van der Waals surface area contributed by atoms with Gasteiger partial charge in [0.25, 0.3) is 5.91 Å². The van der Waals surface area contributed by atoms with Crippen molar-refractivity contribution in [3.8, 4) is 22.5 Å². The Hall–Kier alpha value is -4.87. The fraction of sp³-hybridized carbons (Fsp3) is 0.226. The highest BCUT2D eigenvalue weighted by Gasteiger charge is 2.29. The number of benzene rings is 3. The van der Waals surface area contributed by atoms with Crippen molar-refractivity contribution in [3.05, 3.63) is 106 Å². The number of nitrogens with zero attached hydrogens (tertiary/aromatic N) is 5. The minimum absolute atomic E-state index is 0.0316. The molecular weight excluding hydrogens is 570 g/mol. The molecule has 0 saturated carbocycles. The molecule has 2 atom stereocenters. The van der Waals surface area contributed by atoms with Crippen LogP contribution in [-0.4, -0.2) is 64.6 Å². The second kappa shape index (κ2) is 13.4. The zero-order valence-corrected chi connectivity index (χ0v) is 24.1. The van der Waals surface area contributed by atoms with E-state index in [1.807, 2.05) is 55.5 Å². The molecule has 0 bridgehead atoms. The van der Waals surface area contributed by atoms with Crippen molar-refractivity contribution in [3.63, 3.8) is 0 Å². The zero-order chi connectivity index (χ0) is 30.3. The van der Waals surface area contributed by atoms with Gasteiger partial charge >= 0.3 is 5.97 Å². The molecule has 0 aliphatic heterocycles. The number of H-pyrrole nitrogens is 1. The summed E-state index contributed by atoms with van der Waals surface area (Å²) in [5.41, 5.74) is 5.44. The Balaban J connectivity index is 1.35. The number of hydrogen-bond acceptors (Lipinski definition) is 7. The third-order valence-corrected chi connectivity index (χ3v) is 7.44. The number of carboxylic acids is 1. The first-order valence-electron chi connectivity index (χ1n) is 13.8. The number of aliphatic hydroxyl groups excluding tert-OH is 1. The number of aliphatic hydroxyl groups is 1. The number of nitrogens with one attached hydrogen (secondary N) is 2. The number of halogens is 1.